The molecular formula is C12H13N3OS. The van der Waals surface area contributed by atoms with E-state index in [-0.39, 0.29) is 5.91 Å². The zero-order chi connectivity index (χ0) is 12.3. The highest BCUT2D eigenvalue weighted by Crippen LogP contribution is 2.28. The highest BCUT2D eigenvalue weighted by molar-refractivity contribution is 7.15. The molecule has 0 unspecified atom stereocenters. The lowest BCUT2D eigenvalue weighted by atomic mass is 10.3. The zero-order valence-electron chi connectivity index (χ0n) is 9.75. The maximum atomic E-state index is 12.0. The molecule has 1 amide bonds. The largest absolute Gasteiger partial charge is 0.274 e. The Hall–Kier alpha value is -1.75. The Morgan fingerprint density at radius 2 is 2.00 bits per heavy atom. The average molecular weight is 247 g/mol. The van der Waals surface area contributed by atoms with E-state index in [1.165, 1.54) is 11.3 Å². The molecule has 0 saturated heterocycles. The van der Waals surface area contributed by atoms with Crippen LogP contribution in [-0.4, -0.2) is 16.1 Å². The minimum Gasteiger partial charge on any atom is -0.274 e. The van der Waals surface area contributed by atoms with Crippen molar-refractivity contribution in [2.75, 3.05) is 4.90 Å². The number of hydrogen-bond acceptors (Lipinski definition) is 4. The van der Waals surface area contributed by atoms with Gasteiger partial charge in [-0.05, 0) is 19.1 Å². The summed E-state index contributed by atoms with van der Waals surface area (Å²) in [7, 11) is 0. The predicted octanol–water partition coefficient (Wildman–Crippen LogP) is 2.92. The third-order valence-electron chi connectivity index (χ3n) is 2.27. The Bertz CT molecular complexity index is 509. The summed E-state index contributed by atoms with van der Waals surface area (Å²) in [6, 6.07) is 9.51. The Balaban J connectivity index is 2.42. The van der Waals surface area contributed by atoms with Crippen molar-refractivity contribution in [2.45, 2.75) is 20.3 Å². The summed E-state index contributed by atoms with van der Waals surface area (Å²) >= 11 is 1.42. The molecule has 4 nitrogen and oxygen atoms in total. The van der Waals surface area contributed by atoms with E-state index in [9.17, 15) is 4.79 Å². The van der Waals surface area contributed by atoms with Crippen LogP contribution < -0.4 is 4.90 Å². The maximum absolute atomic E-state index is 12.0. The number of aromatic nitrogens is 2. The van der Waals surface area contributed by atoms with Gasteiger partial charge in [0.2, 0.25) is 11.0 Å². The summed E-state index contributed by atoms with van der Waals surface area (Å²) in [4.78, 5) is 13.6. The van der Waals surface area contributed by atoms with Gasteiger partial charge in [-0.15, -0.1) is 10.2 Å². The van der Waals surface area contributed by atoms with Crippen molar-refractivity contribution >= 4 is 28.1 Å². The van der Waals surface area contributed by atoms with Gasteiger partial charge in [-0.25, -0.2) is 0 Å². The van der Waals surface area contributed by atoms with Gasteiger partial charge in [-0.2, -0.15) is 0 Å². The highest BCUT2D eigenvalue weighted by atomic mass is 32.1. The summed E-state index contributed by atoms with van der Waals surface area (Å²) in [6.45, 7) is 3.72. The number of anilines is 2. The molecular weight excluding hydrogens is 234 g/mol. The van der Waals surface area contributed by atoms with Crippen LogP contribution in [0.3, 0.4) is 0 Å². The Morgan fingerprint density at radius 1 is 1.29 bits per heavy atom. The topological polar surface area (TPSA) is 46.1 Å². The average Bonchev–Trinajstić information content (AvgIpc) is 2.77. The molecule has 1 aromatic heterocycles. The van der Waals surface area contributed by atoms with Crippen molar-refractivity contribution in [2.24, 2.45) is 0 Å². The van der Waals surface area contributed by atoms with E-state index in [4.69, 9.17) is 0 Å². The summed E-state index contributed by atoms with van der Waals surface area (Å²) < 4.78 is 0. The van der Waals surface area contributed by atoms with Crippen LogP contribution in [0.15, 0.2) is 30.3 Å². The van der Waals surface area contributed by atoms with Gasteiger partial charge in [-0.3, -0.25) is 9.69 Å². The van der Waals surface area contributed by atoms with Crippen molar-refractivity contribution in [3.05, 3.63) is 35.3 Å². The number of amides is 1. The second-order valence-corrected chi connectivity index (χ2v) is 4.68. The zero-order valence-corrected chi connectivity index (χ0v) is 10.6. The molecule has 2 aromatic rings. The molecule has 0 aliphatic heterocycles. The predicted molar refractivity (Wildman–Crippen MR) is 68.5 cm³/mol. The van der Waals surface area contributed by atoms with Gasteiger partial charge < -0.3 is 0 Å². The molecule has 0 aliphatic rings. The second kappa shape index (κ2) is 5.05. The molecule has 0 bridgehead atoms. The lowest BCUT2D eigenvalue weighted by molar-refractivity contribution is -0.117. The fourth-order valence-electron chi connectivity index (χ4n) is 1.47. The van der Waals surface area contributed by atoms with Crippen molar-refractivity contribution in [1.82, 2.24) is 10.2 Å². The molecule has 0 saturated carbocycles. The van der Waals surface area contributed by atoms with Crippen LogP contribution in [0.25, 0.3) is 0 Å². The lowest BCUT2D eigenvalue weighted by Gasteiger charge is -2.18. The molecule has 88 valence electrons. The van der Waals surface area contributed by atoms with E-state index in [2.05, 4.69) is 10.2 Å². The minimum absolute atomic E-state index is 0.0207. The van der Waals surface area contributed by atoms with Crippen molar-refractivity contribution in [3.8, 4) is 0 Å². The molecule has 5 heteroatoms. The quantitative estimate of drug-likeness (QED) is 0.837. The number of carbonyl (C=O) groups excluding carboxylic acids is 1. The Morgan fingerprint density at radius 3 is 2.53 bits per heavy atom. The minimum atomic E-state index is 0.0207. The van der Waals surface area contributed by atoms with Crippen molar-refractivity contribution < 1.29 is 4.79 Å². The van der Waals surface area contributed by atoms with E-state index in [0.717, 1.165) is 10.7 Å². The van der Waals surface area contributed by atoms with Gasteiger partial charge in [0.1, 0.15) is 5.01 Å². The van der Waals surface area contributed by atoms with E-state index in [1.807, 2.05) is 44.2 Å². The van der Waals surface area contributed by atoms with Crippen LogP contribution in [0.2, 0.25) is 0 Å². The number of hydrogen-bond donors (Lipinski definition) is 0. The number of para-hydroxylation sites is 1. The highest BCUT2D eigenvalue weighted by Gasteiger charge is 2.19. The van der Waals surface area contributed by atoms with Crippen LogP contribution in [0.4, 0.5) is 10.8 Å². The molecule has 17 heavy (non-hydrogen) atoms. The van der Waals surface area contributed by atoms with Crippen LogP contribution in [-0.2, 0) is 4.79 Å². The Labute approximate surface area is 104 Å². The molecule has 1 aromatic carbocycles. The van der Waals surface area contributed by atoms with E-state index < -0.39 is 0 Å². The molecule has 0 fully saturated rings. The first-order valence-corrected chi connectivity index (χ1v) is 6.22. The van der Waals surface area contributed by atoms with Crippen LogP contribution in [0.5, 0.6) is 0 Å². The smallest absolute Gasteiger partial charge is 0.233 e. The van der Waals surface area contributed by atoms with E-state index in [0.29, 0.717) is 11.6 Å². The lowest BCUT2D eigenvalue weighted by Crippen LogP contribution is -2.24. The fourth-order valence-corrected chi connectivity index (χ4v) is 2.20. The van der Waals surface area contributed by atoms with Crippen LogP contribution in [0, 0.1) is 6.92 Å². The van der Waals surface area contributed by atoms with Gasteiger partial charge in [0.25, 0.3) is 0 Å². The SMILES string of the molecule is CCC(=O)N(c1ccccc1)c1nnc(C)s1. The van der Waals surface area contributed by atoms with E-state index in [1.54, 1.807) is 4.90 Å². The summed E-state index contributed by atoms with van der Waals surface area (Å²) in [5.41, 5.74) is 0.829. The maximum Gasteiger partial charge on any atom is 0.233 e. The van der Waals surface area contributed by atoms with Crippen LogP contribution in [0.1, 0.15) is 18.4 Å². The number of rotatable bonds is 3. The van der Waals surface area contributed by atoms with E-state index >= 15 is 0 Å². The number of nitrogens with zero attached hydrogens (tertiary/aromatic N) is 3. The summed E-state index contributed by atoms with van der Waals surface area (Å²) in [5, 5.41) is 9.47. The van der Waals surface area contributed by atoms with Gasteiger partial charge in [0.15, 0.2) is 0 Å². The third-order valence-corrected chi connectivity index (χ3v) is 3.10. The van der Waals surface area contributed by atoms with Gasteiger partial charge in [0, 0.05) is 6.42 Å². The molecule has 0 aliphatic carbocycles. The monoisotopic (exact) mass is 247 g/mol. The van der Waals surface area contributed by atoms with Crippen molar-refractivity contribution in [1.29, 1.82) is 0 Å². The van der Waals surface area contributed by atoms with Gasteiger partial charge in [0.05, 0.1) is 5.69 Å². The van der Waals surface area contributed by atoms with Crippen LogP contribution >= 0.6 is 11.3 Å². The molecule has 0 spiro atoms. The van der Waals surface area contributed by atoms with Gasteiger partial charge >= 0.3 is 0 Å². The summed E-state index contributed by atoms with van der Waals surface area (Å²) in [6.07, 6.45) is 0.438. The first-order chi connectivity index (χ1) is 8.22. The number of carbonyl (C=O) groups is 1. The molecule has 0 N–H and O–H groups in total. The fraction of sp³-hybridized carbons (Fsp3) is 0.250. The molecule has 1 heterocycles. The molecule has 2 rings (SSSR count). The standard InChI is InChI=1S/C12H13N3OS/c1-3-11(16)15(10-7-5-4-6-8-10)12-14-13-9(2)17-12/h4-8H,3H2,1-2H3. The normalized spacial score (nSPS) is 10.2. The third kappa shape index (κ3) is 2.50. The van der Waals surface area contributed by atoms with Gasteiger partial charge in [-0.1, -0.05) is 36.5 Å². The van der Waals surface area contributed by atoms with Crippen molar-refractivity contribution in [3.63, 3.8) is 0 Å². The molecule has 0 radical (unpaired) electrons. The number of aryl methyl sites for hydroxylation is 1. The summed E-state index contributed by atoms with van der Waals surface area (Å²) in [5.74, 6) is 0.0207. The first-order valence-electron chi connectivity index (χ1n) is 5.40. The molecule has 0 atom stereocenters. The Kier molecular flexibility index (Phi) is 3.49. The first kappa shape index (κ1) is 11.7. The number of benzene rings is 1. The second-order valence-electron chi connectivity index (χ2n) is 3.52.